The average Bonchev–Trinajstić information content (AvgIpc) is 2.56. The molecular weight excluding hydrogens is 292 g/mol. The first-order valence-electron chi connectivity index (χ1n) is 8.65. The highest BCUT2D eigenvalue weighted by molar-refractivity contribution is 5.76. The lowest BCUT2D eigenvalue weighted by molar-refractivity contribution is -0.136. The van der Waals surface area contributed by atoms with Crippen LogP contribution in [0.25, 0.3) is 0 Å². The maximum Gasteiger partial charge on any atom is 0.311 e. The maximum atomic E-state index is 11.7. The number of ether oxygens (including phenoxy) is 2. The molecule has 0 amide bonds. The molecular formula is C19H28O4. The van der Waals surface area contributed by atoms with Gasteiger partial charge in [0.05, 0.1) is 0 Å². The molecule has 0 saturated carbocycles. The Bertz CT molecular complexity index is 508. The van der Waals surface area contributed by atoms with E-state index in [0.717, 1.165) is 24.8 Å². The Morgan fingerprint density at radius 3 is 2.17 bits per heavy atom. The summed E-state index contributed by atoms with van der Waals surface area (Å²) >= 11 is 0. The molecule has 0 aliphatic heterocycles. The molecule has 128 valence electrons. The molecule has 0 saturated heterocycles. The smallest absolute Gasteiger partial charge is 0.311 e. The number of esters is 2. The Hall–Kier alpha value is -1.84. The molecule has 23 heavy (non-hydrogen) atoms. The number of carbonyl (C=O) groups is 2. The zero-order valence-corrected chi connectivity index (χ0v) is 14.5. The van der Waals surface area contributed by atoms with Crippen LogP contribution in [-0.2, 0) is 16.0 Å². The molecule has 0 aliphatic rings. The highest BCUT2D eigenvalue weighted by atomic mass is 16.6. The third-order valence-electron chi connectivity index (χ3n) is 3.63. The third kappa shape index (κ3) is 6.85. The summed E-state index contributed by atoms with van der Waals surface area (Å²) in [7, 11) is 0. The lowest BCUT2D eigenvalue weighted by atomic mass is 10.0. The molecule has 0 unspecified atom stereocenters. The minimum Gasteiger partial charge on any atom is -0.423 e. The second-order valence-corrected chi connectivity index (χ2v) is 5.56. The molecule has 0 radical (unpaired) electrons. The molecule has 0 atom stereocenters. The summed E-state index contributed by atoms with van der Waals surface area (Å²) in [6, 6.07) is 5.44. The van der Waals surface area contributed by atoms with Gasteiger partial charge in [-0.25, -0.2) is 0 Å². The summed E-state index contributed by atoms with van der Waals surface area (Å²) in [6.07, 6.45) is 7.22. The SMILES string of the molecule is CCCCCCCc1cccc(OC(=O)CC)c1OC(=O)CC. The van der Waals surface area contributed by atoms with E-state index in [1.807, 2.05) is 12.1 Å². The Labute approximate surface area is 139 Å². The van der Waals surface area contributed by atoms with Crippen molar-refractivity contribution in [1.82, 2.24) is 0 Å². The number of benzene rings is 1. The van der Waals surface area contributed by atoms with E-state index in [2.05, 4.69) is 6.92 Å². The van der Waals surface area contributed by atoms with Gasteiger partial charge >= 0.3 is 11.9 Å². The number of aryl methyl sites for hydroxylation is 1. The molecule has 0 N–H and O–H groups in total. The van der Waals surface area contributed by atoms with Gasteiger partial charge in [-0.15, -0.1) is 0 Å². The van der Waals surface area contributed by atoms with Gasteiger partial charge in [-0.3, -0.25) is 9.59 Å². The van der Waals surface area contributed by atoms with Crippen LogP contribution >= 0.6 is 0 Å². The van der Waals surface area contributed by atoms with Gasteiger partial charge in [0.15, 0.2) is 11.5 Å². The molecule has 1 aromatic rings. The van der Waals surface area contributed by atoms with Crippen molar-refractivity contribution >= 4 is 11.9 Å². The zero-order valence-electron chi connectivity index (χ0n) is 14.5. The van der Waals surface area contributed by atoms with Crippen LogP contribution in [0.1, 0.15) is 71.3 Å². The Morgan fingerprint density at radius 1 is 0.870 bits per heavy atom. The second kappa shape index (κ2) is 10.8. The van der Waals surface area contributed by atoms with E-state index < -0.39 is 0 Å². The standard InChI is InChI=1S/C19H28O4/c1-4-7-8-9-10-12-15-13-11-14-16(22-17(20)5-2)19(15)23-18(21)6-3/h11,13-14H,4-10,12H2,1-3H3. The van der Waals surface area contributed by atoms with E-state index in [-0.39, 0.29) is 24.8 Å². The number of carbonyl (C=O) groups excluding carboxylic acids is 2. The summed E-state index contributed by atoms with van der Waals surface area (Å²) in [5.41, 5.74) is 0.921. The number of hydrogen-bond acceptors (Lipinski definition) is 4. The van der Waals surface area contributed by atoms with E-state index in [1.165, 1.54) is 19.3 Å². The average molecular weight is 320 g/mol. The van der Waals surface area contributed by atoms with Gasteiger partial charge < -0.3 is 9.47 Å². The third-order valence-corrected chi connectivity index (χ3v) is 3.63. The minimum atomic E-state index is -0.334. The van der Waals surface area contributed by atoms with Crippen molar-refractivity contribution in [1.29, 1.82) is 0 Å². The first-order chi connectivity index (χ1) is 11.1. The molecule has 0 bridgehead atoms. The van der Waals surface area contributed by atoms with Crippen molar-refractivity contribution in [2.45, 2.75) is 72.1 Å². The zero-order chi connectivity index (χ0) is 17.1. The van der Waals surface area contributed by atoms with E-state index in [4.69, 9.17) is 9.47 Å². The van der Waals surface area contributed by atoms with E-state index in [9.17, 15) is 9.59 Å². The predicted molar refractivity (Wildman–Crippen MR) is 90.8 cm³/mol. The highest BCUT2D eigenvalue weighted by Gasteiger charge is 2.16. The first-order valence-corrected chi connectivity index (χ1v) is 8.65. The van der Waals surface area contributed by atoms with Crippen molar-refractivity contribution in [2.24, 2.45) is 0 Å². The number of rotatable bonds is 10. The topological polar surface area (TPSA) is 52.6 Å². The summed E-state index contributed by atoms with van der Waals surface area (Å²) in [5, 5.41) is 0. The summed E-state index contributed by atoms with van der Waals surface area (Å²) in [6.45, 7) is 5.67. The fraction of sp³-hybridized carbons (Fsp3) is 0.579. The first kappa shape index (κ1) is 19.2. The molecule has 4 nitrogen and oxygen atoms in total. The van der Waals surface area contributed by atoms with Gasteiger partial charge in [-0.2, -0.15) is 0 Å². The monoisotopic (exact) mass is 320 g/mol. The van der Waals surface area contributed by atoms with Crippen LogP contribution in [0.2, 0.25) is 0 Å². The Morgan fingerprint density at radius 2 is 1.52 bits per heavy atom. The molecule has 4 heteroatoms. The van der Waals surface area contributed by atoms with Crippen LogP contribution in [-0.4, -0.2) is 11.9 Å². The molecule has 0 spiro atoms. The van der Waals surface area contributed by atoms with Crippen molar-refractivity contribution in [3.05, 3.63) is 23.8 Å². The molecule has 0 aromatic heterocycles. The molecule has 1 rings (SSSR count). The van der Waals surface area contributed by atoms with Crippen molar-refractivity contribution in [2.75, 3.05) is 0 Å². The maximum absolute atomic E-state index is 11.7. The normalized spacial score (nSPS) is 10.4. The Kier molecular flexibility index (Phi) is 9.03. The molecule has 1 aromatic carbocycles. The van der Waals surface area contributed by atoms with E-state index in [1.54, 1.807) is 19.9 Å². The van der Waals surface area contributed by atoms with E-state index >= 15 is 0 Å². The van der Waals surface area contributed by atoms with Gasteiger partial charge in [0, 0.05) is 12.8 Å². The van der Waals surface area contributed by atoms with Crippen molar-refractivity contribution in [3.63, 3.8) is 0 Å². The van der Waals surface area contributed by atoms with Gasteiger partial charge in [-0.1, -0.05) is 58.6 Å². The number of unbranched alkanes of at least 4 members (excludes halogenated alkanes) is 4. The summed E-state index contributed by atoms with van der Waals surface area (Å²) < 4.78 is 10.7. The number of hydrogen-bond donors (Lipinski definition) is 0. The van der Waals surface area contributed by atoms with E-state index in [0.29, 0.717) is 11.5 Å². The number of para-hydroxylation sites is 1. The van der Waals surface area contributed by atoms with Gasteiger partial charge in [0.2, 0.25) is 0 Å². The summed E-state index contributed by atoms with van der Waals surface area (Å²) in [5.74, 6) is 0.0810. The lowest BCUT2D eigenvalue weighted by Gasteiger charge is -2.14. The van der Waals surface area contributed by atoms with Crippen LogP contribution in [0.3, 0.4) is 0 Å². The largest absolute Gasteiger partial charge is 0.423 e. The molecule has 0 fully saturated rings. The molecule has 0 heterocycles. The van der Waals surface area contributed by atoms with Gasteiger partial charge in [0.1, 0.15) is 0 Å². The van der Waals surface area contributed by atoms with Crippen LogP contribution in [0.4, 0.5) is 0 Å². The fourth-order valence-electron chi connectivity index (χ4n) is 2.25. The van der Waals surface area contributed by atoms with Crippen LogP contribution < -0.4 is 9.47 Å². The predicted octanol–water partition coefficient (Wildman–Crippen LogP) is 4.83. The van der Waals surface area contributed by atoms with Crippen LogP contribution in [0.5, 0.6) is 11.5 Å². The van der Waals surface area contributed by atoms with Crippen molar-refractivity contribution in [3.8, 4) is 11.5 Å². The van der Waals surface area contributed by atoms with Gasteiger partial charge in [0.25, 0.3) is 0 Å². The second-order valence-electron chi connectivity index (χ2n) is 5.56. The molecule has 0 aliphatic carbocycles. The summed E-state index contributed by atoms with van der Waals surface area (Å²) in [4.78, 5) is 23.3. The highest BCUT2D eigenvalue weighted by Crippen LogP contribution is 2.33. The lowest BCUT2D eigenvalue weighted by Crippen LogP contribution is -2.12. The quantitative estimate of drug-likeness (QED) is 0.352. The van der Waals surface area contributed by atoms with Crippen molar-refractivity contribution < 1.29 is 19.1 Å². The minimum absolute atomic E-state index is 0.280. The van der Waals surface area contributed by atoms with Gasteiger partial charge in [-0.05, 0) is 24.5 Å². The fourth-order valence-corrected chi connectivity index (χ4v) is 2.25. The van der Waals surface area contributed by atoms with Crippen LogP contribution in [0, 0.1) is 0 Å². The Balaban J connectivity index is 2.86. The van der Waals surface area contributed by atoms with Crippen LogP contribution in [0.15, 0.2) is 18.2 Å².